The van der Waals surface area contributed by atoms with Crippen LogP contribution in [0.15, 0.2) is 79.0 Å². The number of nitrogens with zero attached hydrogens (tertiary/aromatic N) is 2. The van der Waals surface area contributed by atoms with Crippen molar-refractivity contribution in [2.75, 3.05) is 13.2 Å². The molecule has 37 heavy (non-hydrogen) atoms. The molecule has 0 saturated carbocycles. The van der Waals surface area contributed by atoms with Crippen LogP contribution in [0.5, 0.6) is 5.75 Å². The zero-order valence-electron chi connectivity index (χ0n) is 20.2. The van der Waals surface area contributed by atoms with Crippen LogP contribution in [0.1, 0.15) is 28.4 Å². The molecular weight excluding hydrogens is 468 g/mol. The van der Waals surface area contributed by atoms with Crippen LogP contribution < -0.4 is 15.4 Å². The monoisotopic (exact) mass is 492 g/mol. The largest absolute Gasteiger partial charge is 0.494 e. The Kier molecular flexibility index (Phi) is 5.37. The van der Waals surface area contributed by atoms with Gasteiger partial charge in [0.1, 0.15) is 5.75 Å². The highest BCUT2D eigenvalue weighted by Crippen LogP contribution is 2.34. The Hall–Kier alpha value is -4.72. The lowest BCUT2D eigenvalue weighted by molar-refractivity contribution is -0.124. The van der Waals surface area contributed by atoms with E-state index in [1.165, 1.54) is 0 Å². The van der Waals surface area contributed by atoms with E-state index in [1.54, 1.807) is 17.2 Å². The van der Waals surface area contributed by atoms with E-state index in [0.717, 1.165) is 27.6 Å². The molecule has 4 aromatic rings. The summed E-state index contributed by atoms with van der Waals surface area (Å²) in [5.74, 6) is -0.0734. The molecule has 1 saturated heterocycles. The predicted octanol–water partition coefficient (Wildman–Crippen LogP) is 3.99. The summed E-state index contributed by atoms with van der Waals surface area (Å²) in [6, 6.07) is 22.2. The average Bonchev–Trinajstić information content (AvgIpc) is 3.38. The van der Waals surface area contributed by atoms with Crippen LogP contribution in [-0.4, -0.2) is 40.9 Å². The van der Waals surface area contributed by atoms with Crippen molar-refractivity contribution in [3.05, 3.63) is 95.7 Å². The number of nitrogens with one attached hydrogen (secondary N) is 2. The lowest BCUT2D eigenvalue weighted by Gasteiger charge is -2.31. The lowest BCUT2D eigenvalue weighted by Crippen LogP contribution is -2.52. The predicted molar refractivity (Wildman–Crippen MR) is 138 cm³/mol. The van der Waals surface area contributed by atoms with Gasteiger partial charge in [0.05, 0.1) is 18.7 Å². The van der Waals surface area contributed by atoms with Gasteiger partial charge in [-0.15, -0.1) is 0 Å². The van der Waals surface area contributed by atoms with Crippen LogP contribution in [-0.2, 0) is 16.9 Å². The molecule has 1 aromatic heterocycles. The normalized spacial score (nSPS) is 18.6. The fraction of sp³-hybridized carbons (Fsp3) is 0.172. The number of imide groups is 1. The zero-order valence-corrected chi connectivity index (χ0v) is 20.2. The van der Waals surface area contributed by atoms with Gasteiger partial charge in [0.25, 0.3) is 11.8 Å². The second-order valence-corrected chi connectivity index (χ2v) is 9.18. The summed E-state index contributed by atoms with van der Waals surface area (Å²) in [5.41, 5.74) is 3.36. The van der Waals surface area contributed by atoms with E-state index >= 15 is 0 Å². The molecular formula is C29H24N4O4. The van der Waals surface area contributed by atoms with Gasteiger partial charge in [-0.2, -0.15) is 0 Å². The van der Waals surface area contributed by atoms with Crippen molar-refractivity contribution in [1.82, 2.24) is 20.5 Å². The standard InChI is InChI=1S/C29H24N4O4/c1-2-37-22-13-10-20-16-33(26(34)24(20)15-22)17-29(27(35)31-28(36)32-29)21-11-8-18(9-12-21)23-7-3-5-19-6-4-14-30-25(19)23/h3-15H,2,16-17H2,1H3,(H2,31,32,35,36)/t29-/m0/s1. The Morgan fingerprint density at radius 2 is 1.78 bits per heavy atom. The van der Waals surface area contributed by atoms with Gasteiger partial charge in [-0.1, -0.05) is 54.6 Å². The third-order valence-corrected chi connectivity index (χ3v) is 6.96. The van der Waals surface area contributed by atoms with Crippen molar-refractivity contribution in [3.63, 3.8) is 0 Å². The summed E-state index contributed by atoms with van der Waals surface area (Å²) in [5, 5.41) is 6.18. The summed E-state index contributed by atoms with van der Waals surface area (Å²) < 4.78 is 5.55. The molecule has 8 nitrogen and oxygen atoms in total. The molecule has 0 bridgehead atoms. The number of aromatic nitrogens is 1. The van der Waals surface area contributed by atoms with Crippen molar-refractivity contribution in [3.8, 4) is 16.9 Å². The summed E-state index contributed by atoms with van der Waals surface area (Å²) in [6.07, 6.45) is 1.76. The number of amides is 4. The number of carbonyl (C=O) groups is 3. The second-order valence-electron chi connectivity index (χ2n) is 9.18. The minimum atomic E-state index is -1.41. The Morgan fingerprint density at radius 1 is 0.973 bits per heavy atom. The number of ether oxygens (including phenoxy) is 1. The fourth-order valence-corrected chi connectivity index (χ4v) is 5.18. The summed E-state index contributed by atoms with van der Waals surface area (Å²) in [7, 11) is 0. The van der Waals surface area contributed by atoms with Crippen LogP contribution in [0.25, 0.3) is 22.0 Å². The van der Waals surface area contributed by atoms with Gasteiger partial charge in [0, 0.05) is 29.3 Å². The van der Waals surface area contributed by atoms with Crippen molar-refractivity contribution in [2.45, 2.75) is 19.0 Å². The molecule has 3 aromatic carbocycles. The smallest absolute Gasteiger partial charge is 0.322 e. The molecule has 8 heteroatoms. The van der Waals surface area contributed by atoms with Crippen molar-refractivity contribution in [1.29, 1.82) is 0 Å². The number of hydrogen-bond donors (Lipinski definition) is 2. The van der Waals surface area contributed by atoms with Crippen molar-refractivity contribution < 1.29 is 19.1 Å². The third-order valence-electron chi connectivity index (χ3n) is 6.96. The maximum atomic E-state index is 13.3. The first-order valence-electron chi connectivity index (χ1n) is 12.1. The Balaban J connectivity index is 1.34. The van der Waals surface area contributed by atoms with E-state index in [0.29, 0.717) is 30.0 Å². The Bertz CT molecular complexity index is 1560. The van der Waals surface area contributed by atoms with Crippen LogP contribution >= 0.6 is 0 Å². The molecule has 2 aliphatic rings. The number of fused-ring (bicyclic) bond motifs is 2. The first-order valence-corrected chi connectivity index (χ1v) is 12.1. The molecule has 184 valence electrons. The number of hydrogen-bond acceptors (Lipinski definition) is 5. The highest BCUT2D eigenvalue weighted by molar-refractivity contribution is 6.08. The zero-order chi connectivity index (χ0) is 25.6. The summed E-state index contributed by atoms with van der Waals surface area (Å²) in [4.78, 5) is 44.9. The maximum Gasteiger partial charge on any atom is 0.322 e. The molecule has 6 rings (SSSR count). The molecule has 0 aliphatic carbocycles. The molecule has 4 amide bonds. The second kappa shape index (κ2) is 8.74. The van der Waals surface area contributed by atoms with E-state index in [-0.39, 0.29) is 12.5 Å². The van der Waals surface area contributed by atoms with Crippen LogP contribution in [0.2, 0.25) is 0 Å². The molecule has 2 N–H and O–H groups in total. The number of urea groups is 1. The number of para-hydroxylation sites is 1. The van der Waals surface area contributed by atoms with E-state index in [2.05, 4.69) is 15.6 Å². The average molecular weight is 493 g/mol. The van der Waals surface area contributed by atoms with E-state index in [1.807, 2.05) is 73.7 Å². The number of benzene rings is 3. The molecule has 3 heterocycles. The SMILES string of the molecule is CCOc1ccc2c(c1)C(=O)N(C[C@@]1(c3ccc(-c4cccc5cccnc45)cc3)NC(=O)NC1=O)C2. The summed E-state index contributed by atoms with van der Waals surface area (Å²) >= 11 is 0. The number of pyridine rings is 1. The number of carbonyl (C=O) groups excluding carboxylic acids is 3. The topological polar surface area (TPSA) is 101 Å². The van der Waals surface area contributed by atoms with Crippen molar-refractivity contribution >= 4 is 28.7 Å². The fourth-order valence-electron chi connectivity index (χ4n) is 5.18. The Labute approximate surface area is 213 Å². The molecule has 0 unspecified atom stereocenters. The minimum Gasteiger partial charge on any atom is -0.494 e. The lowest BCUT2D eigenvalue weighted by atomic mass is 9.87. The van der Waals surface area contributed by atoms with Gasteiger partial charge in [0.15, 0.2) is 5.54 Å². The maximum absolute atomic E-state index is 13.3. The molecule has 1 atom stereocenters. The quantitative estimate of drug-likeness (QED) is 0.397. The van der Waals surface area contributed by atoms with Gasteiger partial charge in [-0.25, -0.2) is 4.79 Å². The summed E-state index contributed by atoms with van der Waals surface area (Å²) in [6.45, 7) is 2.72. The third kappa shape index (κ3) is 3.78. The van der Waals surface area contributed by atoms with Crippen LogP contribution in [0.3, 0.4) is 0 Å². The van der Waals surface area contributed by atoms with Gasteiger partial charge in [-0.05, 0) is 41.8 Å². The highest BCUT2D eigenvalue weighted by atomic mass is 16.5. The minimum absolute atomic E-state index is 0.00275. The number of rotatable bonds is 6. The van der Waals surface area contributed by atoms with Gasteiger partial charge >= 0.3 is 6.03 Å². The van der Waals surface area contributed by atoms with Crippen LogP contribution in [0.4, 0.5) is 4.79 Å². The van der Waals surface area contributed by atoms with E-state index in [4.69, 9.17) is 4.74 Å². The molecule has 1 fully saturated rings. The van der Waals surface area contributed by atoms with E-state index in [9.17, 15) is 14.4 Å². The van der Waals surface area contributed by atoms with Gasteiger partial charge < -0.3 is 15.0 Å². The van der Waals surface area contributed by atoms with Gasteiger partial charge in [0.2, 0.25) is 0 Å². The first kappa shape index (κ1) is 22.7. The van der Waals surface area contributed by atoms with Crippen LogP contribution in [0, 0.1) is 0 Å². The molecule has 0 radical (unpaired) electrons. The molecule has 2 aliphatic heterocycles. The first-order chi connectivity index (χ1) is 18.0. The van der Waals surface area contributed by atoms with Gasteiger partial charge in [-0.3, -0.25) is 19.9 Å². The highest BCUT2D eigenvalue weighted by Gasteiger charge is 2.50. The van der Waals surface area contributed by atoms with E-state index < -0.39 is 17.5 Å². The Morgan fingerprint density at radius 3 is 2.54 bits per heavy atom. The molecule has 0 spiro atoms. The van der Waals surface area contributed by atoms with Crippen molar-refractivity contribution in [2.24, 2.45) is 0 Å².